The van der Waals surface area contributed by atoms with E-state index in [2.05, 4.69) is 14.9 Å². The molecule has 2 aromatic carbocycles. The zero-order valence-corrected chi connectivity index (χ0v) is 23.2. The van der Waals surface area contributed by atoms with E-state index >= 15 is 0 Å². The lowest BCUT2D eigenvalue weighted by Gasteiger charge is -2.34. The number of rotatable bonds is 13. The number of carboxylic acid groups (broad SMARTS) is 1. The van der Waals surface area contributed by atoms with Gasteiger partial charge in [0.1, 0.15) is 12.2 Å². The first-order valence-electron chi connectivity index (χ1n) is 13.1. The fraction of sp³-hybridized carbons (Fsp3) is 0.481. The summed E-state index contributed by atoms with van der Waals surface area (Å²) in [5, 5.41) is 32.9. The number of amides is 1. The van der Waals surface area contributed by atoms with Crippen molar-refractivity contribution in [3.63, 3.8) is 0 Å². The van der Waals surface area contributed by atoms with Gasteiger partial charge in [-0.3, -0.25) is 14.3 Å². The van der Waals surface area contributed by atoms with Crippen LogP contribution in [-0.4, -0.2) is 74.1 Å². The quantitative estimate of drug-likeness (QED) is 0.183. The highest BCUT2D eigenvalue weighted by atomic mass is 32.2. The van der Waals surface area contributed by atoms with Crippen LogP contribution in [-0.2, 0) is 19.6 Å². The lowest BCUT2D eigenvalue weighted by molar-refractivity contribution is -0.140. The van der Waals surface area contributed by atoms with E-state index in [1.807, 2.05) is 31.2 Å². The Hall–Kier alpha value is -3.35. The number of nitrogens with zero attached hydrogens (tertiary/aromatic N) is 2. The summed E-state index contributed by atoms with van der Waals surface area (Å²) in [6.45, 7) is 4.37. The first-order chi connectivity index (χ1) is 18.5. The van der Waals surface area contributed by atoms with Gasteiger partial charge in [0.2, 0.25) is 15.9 Å². The van der Waals surface area contributed by atoms with Crippen molar-refractivity contribution in [3.8, 4) is 5.75 Å². The number of hydrogen-bond donors (Lipinski definition) is 5. The molecule has 0 aliphatic carbocycles. The van der Waals surface area contributed by atoms with Crippen molar-refractivity contribution in [1.82, 2.24) is 5.32 Å². The molecular weight excluding hydrogens is 524 g/mol. The molecule has 1 atom stereocenters. The monoisotopic (exact) mass is 562 g/mol. The molecule has 1 heterocycles. The van der Waals surface area contributed by atoms with Gasteiger partial charge >= 0.3 is 5.97 Å². The summed E-state index contributed by atoms with van der Waals surface area (Å²) in [5.74, 6) is -1.78. The second-order valence-corrected chi connectivity index (χ2v) is 11.6. The number of anilines is 3. The Bertz CT molecular complexity index is 1230. The molecular formula is C27H38N4O7S. The van der Waals surface area contributed by atoms with Gasteiger partial charge in [0.05, 0.1) is 18.0 Å². The van der Waals surface area contributed by atoms with Crippen LogP contribution in [0.4, 0.5) is 17.1 Å². The van der Waals surface area contributed by atoms with Crippen molar-refractivity contribution in [3.05, 3.63) is 48.0 Å². The molecule has 2 aromatic rings. The van der Waals surface area contributed by atoms with Gasteiger partial charge in [-0.2, -0.15) is 0 Å². The molecule has 3 rings (SSSR count). The standard InChI is InChI=1S/C27H38N4O7S/c1-3-4-13-31(26(34)17-27(35)36)22-8-6-21(7-9-22)30-14-11-20(12-15-30)28-18-25(33)19-5-10-24(32)23(16-19)29-39(2,37)38/h5-10,16,20,25,28-29,32-33H,3-4,11-15,17-18H2,1-2H3,(H,35,36). The second kappa shape index (κ2) is 13.6. The highest BCUT2D eigenvalue weighted by Crippen LogP contribution is 2.28. The lowest BCUT2D eigenvalue weighted by Crippen LogP contribution is -2.43. The third-order valence-electron chi connectivity index (χ3n) is 6.66. The number of piperidine rings is 1. The number of aliphatic hydroxyl groups excluding tert-OH is 1. The molecule has 1 saturated heterocycles. The summed E-state index contributed by atoms with van der Waals surface area (Å²) in [6.07, 6.45) is 2.96. The van der Waals surface area contributed by atoms with Gasteiger partial charge in [0, 0.05) is 43.6 Å². The summed E-state index contributed by atoms with van der Waals surface area (Å²) >= 11 is 0. The van der Waals surface area contributed by atoms with Gasteiger partial charge in [0.15, 0.2) is 0 Å². The Balaban J connectivity index is 1.53. The largest absolute Gasteiger partial charge is 0.506 e. The Morgan fingerprint density at radius 3 is 2.38 bits per heavy atom. The molecule has 0 radical (unpaired) electrons. The van der Waals surface area contributed by atoms with Crippen LogP contribution in [0.15, 0.2) is 42.5 Å². The molecule has 1 fully saturated rings. The van der Waals surface area contributed by atoms with Crippen LogP contribution in [0, 0.1) is 0 Å². The van der Waals surface area contributed by atoms with Crippen molar-refractivity contribution in [1.29, 1.82) is 0 Å². The summed E-state index contributed by atoms with van der Waals surface area (Å²) in [5.41, 5.74) is 2.22. The van der Waals surface area contributed by atoms with Crippen LogP contribution in [0.5, 0.6) is 5.75 Å². The molecule has 0 bridgehead atoms. The van der Waals surface area contributed by atoms with E-state index in [9.17, 15) is 28.2 Å². The minimum Gasteiger partial charge on any atom is -0.506 e. The number of carboxylic acids is 1. The number of aromatic hydroxyl groups is 1. The molecule has 1 aliphatic rings. The Kier molecular flexibility index (Phi) is 10.6. The van der Waals surface area contributed by atoms with Crippen molar-refractivity contribution in [2.45, 2.75) is 51.2 Å². The zero-order valence-electron chi connectivity index (χ0n) is 22.3. The molecule has 1 aliphatic heterocycles. The van der Waals surface area contributed by atoms with Crippen LogP contribution in [0.1, 0.15) is 50.7 Å². The molecule has 39 heavy (non-hydrogen) atoms. The van der Waals surface area contributed by atoms with E-state index in [1.54, 1.807) is 6.07 Å². The fourth-order valence-electron chi connectivity index (χ4n) is 4.56. The van der Waals surface area contributed by atoms with Gasteiger partial charge in [0.25, 0.3) is 0 Å². The van der Waals surface area contributed by atoms with E-state index in [0.717, 1.165) is 50.7 Å². The number of aliphatic carboxylic acids is 1. The zero-order chi connectivity index (χ0) is 28.6. The number of unbranched alkanes of at least 4 members (excludes halogenated alkanes) is 1. The third kappa shape index (κ3) is 9.12. The average molecular weight is 563 g/mol. The predicted molar refractivity (Wildman–Crippen MR) is 151 cm³/mol. The van der Waals surface area contributed by atoms with E-state index in [4.69, 9.17) is 5.11 Å². The maximum atomic E-state index is 12.4. The fourth-order valence-corrected chi connectivity index (χ4v) is 5.13. The molecule has 12 heteroatoms. The first-order valence-corrected chi connectivity index (χ1v) is 14.9. The normalized spacial score (nSPS) is 15.1. The molecule has 11 nitrogen and oxygen atoms in total. The molecule has 0 aromatic heterocycles. The average Bonchev–Trinajstić information content (AvgIpc) is 2.88. The number of nitrogens with one attached hydrogen (secondary N) is 2. The van der Waals surface area contributed by atoms with Gasteiger partial charge in [-0.05, 0) is 61.2 Å². The molecule has 214 valence electrons. The van der Waals surface area contributed by atoms with Gasteiger partial charge in [-0.25, -0.2) is 8.42 Å². The molecule has 0 spiro atoms. The SMILES string of the molecule is CCCCN(C(=O)CC(=O)O)c1ccc(N2CCC(NCC(O)c3ccc(O)c(NS(C)(=O)=O)c3)CC2)cc1. The number of carbonyl (C=O) groups is 2. The van der Waals surface area contributed by atoms with Crippen molar-refractivity contribution < 1.29 is 33.3 Å². The number of benzene rings is 2. The summed E-state index contributed by atoms with van der Waals surface area (Å²) in [6, 6.07) is 12.1. The number of carbonyl (C=O) groups excluding carboxylic acids is 1. The number of phenols is 1. The van der Waals surface area contributed by atoms with Crippen LogP contribution in [0.3, 0.4) is 0 Å². The molecule has 1 amide bonds. The minimum atomic E-state index is -3.57. The van der Waals surface area contributed by atoms with E-state index in [1.165, 1.54) is 17.0 Å². The maximum Gasteiger partial charge on any atom is 0.312 e. The Morgan fingerprint density at radius 1 is 1.13 bits per heavy atom. The molecule has 1 unspecified atom stereocenters. The van der Waals surface area contributed by atoms with Crippen LogP contribution in [0.2, 0.25) is 0 Å². The minimum absolute atomic E-state index is 0.0214. The number of phenolic OH excluding ortho intramolecular Hbond substituents is 1. The van der Waals surface area contributed by atoms with Crippen LogP contribution in [0.25, 0.3) is 0 Å². The maximum absolute atomic E-state index is 12.4. The number of hydrogen-bond acceptors (Lipinski definition) is 8. The third-order valence-corrected chi connectivity index (χ3v) is 7.25. The Labute approximate surface area is 229 Å². The number of aliphatic hydroxyl groups is 1. The van der Waals surface area contributed by atoms with Gasteiger partial charge in [-0.1, -0.05) is 19.4 Å². The second-order valence-electron chi connectivity index (χ2n) is 9.82. The van der Waals surface area contributed by atoms with Gasteiger partial charge in [-0.15, -0.1) is 0 Å². The summed E-state index contributed by atoms with van der Waals surface area (Å²) in [7, 11) is -3.57. The molecule has 5 N–H and O–H groups in total. The summed E-state index contributed by atoms with van der Waals surface area (Å²) < 4.78 is 25.3. The Morgan fingerprint density at radius 2 is 1.79 bits per heavy atom. The van der Waals surface area contributed by atoms with E-state index < -0.39 is 34.4 Å². The first kappa shape index (κ1) is 30.2. The summed E-state index contributed by atoms with van der Waals surface area (Å²) in [4.78, 5) is 27.3. The highest BCUT2D eigenvalue weighted by molar-refractivity contribution is 7.92. The molecule has 0 saturated carbocycles. The number of sulfonamides is 1. The predicted octanol–water partition coefficient (Wildman–Crippen LogP) is 2.66. The lowest BCUT2D eigenvalue weighted by atomic mass is 10.0. The van der Waals surface area contributed by atoms with Crippen molar-refractivity contribution >= 4 is 39.0 Å². The van der Waals surface area contributed by atoms with Crippen molar-refractivity contribution in [2.75, 3.05) is 47.0 Å². The van der Waals surface area contributed by atoms with Crippen molar-refractivity contribution in [2.24, 2.45) is 0 Å². The van der Waals surface area contributed by atoms with E-state index in [-0.39, 0.29) is 24.0 Å². The van der Waals surface area contributed by atoms with Gasteiger partial charge < -0.3 is 30.4 Å². The van der Waals surface area contributed by atoms with Crippen LogP contribution < -0.4 is 19.8 Å². The van der Waals surface area contributed by atoms with E-state index in [0.29, 0.717) is 17.8 Å². The highest BCUT2D eigenvalue weighted by Gasteiger charge is 2.22. The smallest absolute Gasteiger partial charge is 0.312 e. The topological polar surface area (TPSA) is 160 Å². The van der Waals surface area contributed by atoms with Crippen LogP contribution >= 0.6 is 0 Å².